The molecular weight excluding hydrogens is 246 g/mol. The van der Waals surface area contributed by atoms with Gasteiger partial charge in [0.2, 0.25) is 5.91 Å². The lowest BCUT2D eigenvalue weighted by Gasteiger charge is -2.17. The number of esters is 1. The Bertz CT molecular complexity index is 428. The Kier molecular flexibility index (Phi) is 5.85. The lowest BCUT2D eigenvalue weighted by molar-refractivity contribution is -0.142. The third kappa shape index (κ3) is 6.45. The average molecular weight is 265 g/mol. The van der Waals surface area contributed by atoms with Crippen LogP contribution in [0.1, 0.15) is 25.8 Å². The highest BCUT2D eigenvalue weighted by molar-refractivity contribution is 5.73. The summed E-state index contributed by atoms with van der Waals surface area (Å²) in [5.41, 5.74) is 1.05. The van der Waals surface area contributed by atoms with Crippen LogP contribution in [0.25, 0.3) is 0 Å². The molecule has 2 N–H and O–H groups in total. The number of ether oxygens (including phenoxy) is 1. The summed E-state index contributed by atoms with van der Waals surface area (Å²) in [6.07, 6.45) is 1.39. The smallest absolute Gasteiger partial charge is 0.302 e. The van der Waals surface area contributed by atoms with Crippen LogP contribution in [0.2, 0.25) is 0 Å². The zero-order chi connectivity index (χ0) is 14.3. The van der Waals surface area contributed by atoms with Crippen molar-refractivity contribution in [3.63, 3.8) is 0 Å². The molecule has 1 aromatic carbocycles. The molecule has 104 valence electrons. The zero-order valence-corrected chi connectivity index (χ0v) is 11.2. The number of aryl methyl sites for hydroxylation is 1. The number of benzene rings is 1. The molecule has 1 atom stereocenters. The largest absolute Gasteiger partial charge is 0.508 e. The first-order valence-corrected chi connectivity index (χ1v) is 6.15. The summed E-state index contributed by atoms with van der Waals surface area (Å²) in [7, 11) is 0. The summed E-state index contributed by atoms with van der Waals surface area (Å²) in [4.78, 5) is 21.9. The number of amides is 1. The van der Waals surface area contributed by atoms with E-state index in [9.17, 15) is 14.7 Å². The molecule has 0 aliphatic heterocycles. The second-order valence-electron chi connectivity index (χ2n) is 4.41. The Morgan fingerprint density at radius 2 is 1.89 bits per heavy atom. The summed E-state index contributed by atoms with van der Waals surface area (Å²) >= 11 is 0. The number of carbonyl (C=O) groups is 2. The maximum atomic E-state index is 11.1. The summed E-state index contributed by atoms with van der Waals surface area (Å²) in [6, 6.07) is 6.69. The van der Waals surface area contributed by atoms with Crippen LogP contribution in [0.3, 0.4) is 0 Å². The minimum Gasteiger partial charge on any atom is -0.508 e. The van der Waals surface area contributed by atoms with Crippen molar-refractivity contribution >= 4 is 11.9 Å². The van der Waals surface area contributed by atoms with Gasteiger partial charge >= 0.3 is 5.97 Å². The van der Waals surface area contributed by atoms with Gasteiger partial charge in [0.15, 0.2) is 0 Å². The topological polar surface area (TPSA) is 75.6 Å². The van der Waals surface area contributed by atoms with Crippen molar-refractivity contribution in [2.45, 2.75) is 32.7 Å². The second kappa shape index (κ2) is 7.41. The maximum absolute atomic E-state index is 11.1. The standard InChI is InChI=1S/C14H19NO4/c1-10(16)15-13(9-19-11(2)17)6-3-12-4-7-14(18)8-5-12/h4-5,7-8,13,18H,3,6,9H2,1-2H3,(H,15,16). The van der Waals surface area contributed by atoms with Crippen molar-refractivity contribution in [1.82, 2.24) is 5.32 Å². The Morgan fingerprint density at radius 1 is 1.26 bits per heavy atom. The minimum absolute atomic E-state index is 0.150. The van der Waals surface area contributed by atoms with Crippen molar-refractivity contribution in [3.8, 4) is 5.75 Å². The van der Waals surface area contributed by atoms with Crippen LogP contribution in [0.15, 0.2) is 24.3 Å². The van der Waals surface area contributed by atoms with E-state index in [4.69, 9.17) is 4.74 Å². The first kappa shape index (κ1) is 15.0. The molecule has 0 aliphatic rings. The Hall–Kier alpha value is -2.04. The number of phenols is 1. The number of hydrogen-bond donors (Lipinski definition) is 2. The normalized spacial score (nSPS) is 11.7. The van der Waals surface area contributed by atoms with E-state index >= 15 is 0 Å². The highest BCUT2D eigenvalue weighted by Crippen LogP contribution is 2.12. The lowest BCUT2D eigenvalue weighted by atomic mass is 10.1. The number of rotatable bonds is 6. The molecule has 0 saturated carbocycles. The van der Waals surface area contributed by atoms with Crippen LogP contribution in [-0.2, 0) is 20.7 Å². The van der Waals surface area contributed by atoms with Gasteiger partial charge in [0.25, 0.3) is 0 Å². The van der Waals surface area contributed by atoms with Gasteiger partial charge in [0.05, 0.1) is 6.04 Å². The number of nitrogens with one attached hydrogen (secondary N) is 1. The molecule has 5 nitrogen and oxygen atoms in total. The predicted molar refractivity (Wildman–Crippen MR) is 70.7 cm³/mol. The number of aromatic hydroxyl groups is 1. The molecule has 0 aliphatic carbocycles. The van der Waals surface area contributed by atoms with Crippen molar-refractivity contribution in [2.75, 3.05) is 6.61 Å². The Morgan fingerprint density at radius 3 is 2.42 bits per heavy atom. The minimum atomic E-state index is -0.361. The van der Waals surface area contributed by atoms with E-state index in [1.165, 1.54) is 13.8 Å². The van der Waals surface area contributed by atoms with Gasteiger partial charge in [-0.15, -0.1) is 0 Å². The molecule has 0 bridgehead atoms. The molecule has 0 radical (unpaired) electrons. The molecule has 1 amide bonds. The summed E-state index contributed by atoms with van der Waals surface area (Å²) in [5.74, 6) is -0.287. The summed E-state index contributed by atoms with van der Waals surface area (Å²) in [5, 5.41) is 11.9. The first-order chi connectivity index (χ1) is 8.97. The van der Waals surface area contributed by atoms with Crippen molar-refractivity contribution in [3.05, 3.63) is 29.8 Å². The van der Waals surface area contributed by atoms with E-state index in [0.29, 0.717) is 6.42 Å². The van der Waals surface area contributed by atoms with Crippen LogP contribution in [-0.4, -0.2) is 29.6 Å². The number of carbonyl (C=O) groups excluding carboxylic acids is 2. The van der Waals surface area contributed by atoms with Gasteiger partial charge in [0.1, 0.15) is 12.4 Å². The third-order valence-corrected chi connectivity index (χ3v) is 2.61. The fourth-order valence-electron chi connectivity index (χ4n) is 1.71. The van der Waals surface area contributed by atoms with Gasteiger partial charge in [-0.25, -0.2) is 0 Å². The predicted octanol–water partition coefficient (Wildman–Crippen LogP) is 1.39. The Labute approximate surface area is 112 Å². The molecule has 1 rings (SSSR count). The first-order valence-electron chi connectivity index (χ1n) is 6.15. The molecule has 19 heavy (non-hydrogen) atoms. The zero-order valence-electron chi connectivity index (χ0n) is 11.2. The van der Waals surface area contributed by atoms with Crippen LogP contribution in [0, 0.1) is 0 Å². The molecule has 0 spiro atoms. The van der Waals surface area contributed by atoms with E-state index in [2.05, 4.69) is 5.32 Å². The van der Waals surface area contributed by atoms with Gasteiger partial charge in [-0.2, -0.15) is 0 Å². The van der Waals surface area contributed by atoms with E-state index in [1.54, 1.807) is 12.1 Å². The van der Waals surface area contributed by atoms with Gasteiger partial charge in [-0.3, -0.25) is 9.59 Å². The molecule has 0 fully saturated rings. The molecule has 0 aromatic heterocycles. The molecule has 1 unspecified atom stereocenters. The quantitative estimate of drug-likeness (QED) is 0.762. The fraction of sp³-hybridized carbons (Fsp3) is 0.429. The van der Waals surface area contributed by atoms with Crippen LogP contribution < -0.4 is 5.32 Å². The lowest BCUT2D eigenvalue weighted by Crippen LogP contribution is -2.37. The van der Waals surface area contributed by atoms with Crippen LogP contribution in [0.5, 0.6) is 5.75 Å². The SMILES string of the molecule is CC(=O)NC(CCc1ccc(O)cc1)COC(C)=O. The molecule has 1 aromatic rings. The van der Waals surface area contributed by atoms with Gasteiger partial charge in [0, 0.05) is 13.8 Å². The number of phenolic OH excluding ortho intramolecular Hbond substituents is 1. The van der Waals surface area contributed by atoms with Gasteiger partial charge in [-0.1, -0.05) is 12.1 Å². The van der Waals surface area contributed by atoms with Crippen LogP contribution in [0.4, 0.5) is 0 Å². The van der Waals surface area contributed by atoms with Crippen molar-refractivity contribution in [2.24, 2.45) is 0 Å². The van der Waals surface area contributed by atoms with E-state index in [-0.39, 0.29) is 30.3 Å². The van der Waals surface area contributed by atoms with Gasteiger partial charge < -0.3 is 15.2 Å². The highest BCUT2D eigenvalue weighted by atomic mass is 16.5. The summed E-state index contributed by atoms with van der Waals surface area (Å²) < 4.78 is 4.92. The highest BCUT2D eigenvalue weighted by Gasteiger charge is 2.12. The second-order valence-corrected chi connectivity index (χ2v) is 4.41. The third-order valence-electron chi connectivity index (χ3n) is 2.61. The van der Waals surface area contributed by atoms with Gasteiger partial charge in [-0.05, 0) is 30.5 Å². The average Bonchev–Trinajstić information content (AvgIpc) is 2.34. The van der Waals surface area contributed by atoms with E-state index < -0.39 is 0 Å². The van der Waals surface area contributed by atoms with E-state index in [1.807, 2.05) is 12.1 Å². The molecule has 5 heteroatoms. The maximum Gasteiger partial charge on any atom is 0.302 e. The van der Waals surface area contributed by atoms with E-state index in [0.717, 1.165) is 12.0 Å². The van der Waals surface area contributed by atoms with Crippen molar-refractivity contribution in [1.29, 1.82) is 0 Å². The summed E-state index contributed by atoms with van der Waals surface area (Å²) in [6.45, 7) is 2.94. The monoisotopic (exact) mass is 265 g/mol. The fourth-order valence-corrected chi connectivity index (χ4v) is 1.71. The molecule has 0 heterocycles. The van der Waals surface area contributed by atoms with Crippen molar-refractivity contribution < 1.29 is 19.4 Å². The molecular formula is C14H19NO4. The Balaban J connectivity index is 2.49. The molecule has 0 saturated heterocycles. The number of hydrogen-bond acceptors (Lipinski definition) is 4. The van der Waals surface area contributed by atoms with Crippen LogP contribution >= 0.6 is 0 Å².